The molecule has 0 aliphatic heterocycles. The second-order valence-electron chi connectivity index (χ2n) is 7.76. The highest BCUT2D eigenvalue weighted by Crippen LogP contribution is 2.25. The summed E-state index contributed by atoms with van der Waals surface area (Å²) in [6, 6.07) is 19.0. The minimum Gasteiger partial charge on any atom is -0.352 e. The zero-order valence-corrected chi connectivity index (χ0v) is 18.9. The number of aryl methyl sites for hydroxylation is 1. The number of carbonyl (C=O) groups is 1. The summed E-state index contributed by atoms with van der Waals surface area (Å²) in [6.07, 6.45) is 4.65. The summed E-state index contributed by atoms with van der Waals surface area (Å²) in [4.78, 5) is 12.9. The van der Waals surface area contributed by atoms with Gasteiger partial charge in [-0.2, -0.15) is 12.8 Å². The Labute approximate surface area is 192 Å². The van der Waals surface area contributed by atoms with E-state index in [-0.39, 0.29) is 22.1 Å². The molecule has 0 fully saturated rings. The van der Waals surface area contributed by atoms with E-state index in [9.17, 15) is 17.6 Å². The first-order valence-corrected chi connectivity index (χ1v) is 12.1. The van der Waals surface area contributed by atoms with Crippen LogP contribution in [0.1, 0.15) is 41.3 Å². The lowest BCUT2D eigenvalue weighted by Gasteiger charge is -2.19. The molecule has 0 spiro atoms. The summed E-state index contributed by atoms with van der Waals surface area (Å²) in [6.45, 7) is 2.14. The van der Waals surface area contributed by atoms with Crippen molar-refractivity contribution in [2.24, 2.45) is 4.40 Å². The third-order valence-corrected chi connectivity index (χ3v) is 6.66. The molecule has 0 bridgehead atoms. The smallest absolute Gasteiger partial charge is 0.282 e. The van der Waals surface area contributed by atoms with Gasteiger partial charge in [0.15, 0.2) is 0 Å². The Morgan fingerprint density at radius 1 is 0.909 bits per heavy atom. The second kappa shape index (κ2) is 9.50. The van der Waals surface area contributed by atoms with Gasteiger partial charge in [0.05, 0.1) is 16.3 Å². The number of sulfonamides is 1. The molecule has 3 aromatic rings. The van der Waals surface area contributed by atoms with Crippen LogP contribution >= 0.6 is 0 Å². The molecular formula is C26H23FN2O3S. The summed E-state index contributed by atoms with van der Waals surface area (Å²) in [5.74, 6) is -0.791. The summed E-state index contributed by atoms with van der Waals surface area (Å²) < 4.78 is 42.9. The molecule has 5 nitrogen and oxygen atoms in total. The predicted octanol–water partition coefficient (Wildman–Crippen LogP) is 5.54. The number of unbranched alkanes of at least 4 members (excludes halogenated alkanes) is 1. The van der Waals surface area contributed by atoms with Crippen LogP contribution in [0.2, 0.25) is 0 Å². The van der Waals surface area contributed by atoms with Crippen LogP contribution in [0, 0.1) is 5.82 Å². The number of nitrogens with one attached hydrogen (secondary N) is 1. The SMILES string of the molecule is CCCCc1ccc(NC2=C/C(=N/S(=O)(=O)c3ccc(F)cc3)c3ccccc3C2=O)cc1. The van der Waals surface area contributed by atoms with Crippen LogP contribution in [0.3, 0.4) is 0 Å². The van der Waals surface area contributed by atoms with Gasteiger partial charge >= 0.3 is 0 Å². The number of fused-ring (bicyclic) bond motifs is 1. The van der Waals surface area contributed by atoms with E-state index < -0.39 is 15.8 Å². The first-order valence-electron chi connectivity index (χ1n) is 10.7. The number of halogens is 1. The van der Waals surface area contributed by atoms with Gasteiger partial charge in [-0.05, 0) is 60.9 Å². The molecule has 0 atom stereocenters. The summed E-state index contributed by atoms with van der Waals surface area (Å²) in [5, 5.41) is 3.10. The topological polar surface area (TPSA) is 75.6 Å². The van der Waals surface area contributed by atoms with Crippen LogP contribution in [-0.4, -0.2) is 19.9 Å². The van der Waals surface area contributed by atoms with Crippen molar-refractivity contribution in [2.75, 3.05) is 5.32 Å². The van der Waals surface area contributed by atoms with E-state index >= 15 is 0 Å². The van der Waals surface area contributed by atoms with Gasteiger partial charge in [0.1, 0.15) is 5.82 Å². The van der Waals surface area contributed by atoms with E-state index in [0.29, 0.717) is 11.1 Å². The average Bonchev–Trinajstić information content (AvgIpc) is 2.82. The van der Waals surface area contributed by atoms with Crippen LogP contribution in [0.4, 0.5) is 10.1 Å². The summed E-state index contributed by atoms with van der Waals surface area (Å²) >= 11 is 0. The summed E-state index contributed by atoms with van der Waals surface area (Å²) in [7, 11) is -4.11. The molecule has 7 heteroatoms. The van der Waals surface area contributed by atoms with Gasteiger partial charge < -0.3 is 5.32 Å². The molecule has 33 heavy (non-hydrogen) atoms. The average molecular weight is 463 g/mol. The monoisotopic (exact) mass is 462 g/mol. The van der Waals surface area contributed by atoms with E-state index in [1.165, 1.54) is 11.6 Å². The lowest BCUT2D eigenvalue weighted by molar-refractivity contribution is 0.103. The second-order valence-corrected chi connectivity index (χ2v) is 9.37. The minimum absolute atomic E-state index is 0.128. The number of Topliss-reactive ketones (excluding diaryl/α,β-unsaturated/α-hetero) is 1. The maximum absolute atomic E-state index is 13.2. The minimum atomic E-state index is -4.11. The van der Waals surface area contributed by atoms with Crippen LogP contribution in [-0.2, 0) is 16.4 Å². The van der Waals surface area contributed by atoms with Crippen molar-refractivity contribution in [1.82, 2.24) is 0 Å². The molecule has 3 aromatic carbocycles. The fourth-order valence-electron chi connectivity index (χ4n) is 3.58. The molecule has 168 valence electrons. The molecule has 0 unspecified atom stereocenters. The number of hydrogen-bond donors (Lipinski definition) is 1. The number of carbonyl (C=O) groups excluding carboxylic acids is 1. The van der Waals surface area contributed by atoms with Crippen LogP contribution in [0.25, 0.3) is 0 Å². The van der Waals surface area contributed by atoms with Crippen molar-refractivity contribution in [2.45, 2.75) is 31.1 Å². The Bertz CT molecular complexity index is 1340. The molecule has 0 radical (unpaired) electrons. The third-order valence-electron chi connectivity index (χ3n) is 5.36. The Balaban J connectivity index is 1.70. The molecule has 0 amide bonds. The lowest BCUT2D eigenvalue weighted by atomic mass is 9.92. The number of nitrogens with zero attached hydrogens (tertiary/aromatic N) is 1. The van der Waals surface area contributed by atoms with Crippen LogP contribution < -0.4 is 5.32 Å². The van der Waals surface area contributed by atoms with Crippen molar-refractivity contribution in [3.05, 3.63) is 107 Å². The first-order chi connectivity index (χ1) is 15.9. The van der Waals surface area contributed by atoms with Gasteiger partial charge in [-0.3, -0.25) is 4.79 Å². The van der Waals surface area contributed by atoms with E-state index in [2.05, 4.69) is 16.6 Å². The van der Waals surface area contributed by atoms with E-state index in [1.807, 2.05) is 24.3 Å². The zero-order chi connectivity index (χ0) is 23.4. The molecule has 0 heterocycles. The van der Waals surface area contributed by atoms with Crippen LogP contribution in [0.15, 0.2) is 93.9 Å². The number of rotatable bonds is 7. The van der Waals surface area contributed by atoms with E-state index in [4.69, 9.17) is 0 Å². The Morgan fingerprint density at radius 2 is 1.58 bits per heavy atom. The molecular weight excluding hydrogens is 439 g/mol. The number of benzene rings is 3. The van der Waals surface area contributed by atoms with Crippen molar-refractivity contribution >= 4 is 27.2 Å². The van der Waals surface area contributed by atoms with Crippen molar-refractivity contribution in [3.63, 3.8) is 0 Å². The molecule has 1 N–H and O–H groups in total. The Morgan fingerprint density at radius 3 is 2.24 bits per heavy atom. The molecule has 4 rings (SSSR count). The maximum Gasteiger partial charge on any atom is 0.282 e. The van der Waals surface area contributed by atoms with Gasteiger partial charge in [0, 0.05) is 16.8 Å². The first kappa shape index (κ1) is 22.6. The van der Waals surface area contributed by atoms with Crippen LogP contribution in [0.5, 0.6) is 0 Å². The molecule has 0 saturated heterocycles. The predicted molar refractivity (Wildman–Crippen MR) is 128 cm³/mol. The Hall–Kier alpha value is -3.58. The third kappa shape index (κ3) is 5.09. The van der Waals surface area contributed by atoms with Gasteiger partial charge in [-0.25, -0.2) is 4.39 Å². The standard InChI is InChI=1S/C26H23FN2O3S/c1-2-3-6-18-9-13-20(14-10-18)28-25-17-24(22-7-4-5-8-23(22)26(25)30)29-33(31,32)21-15-11-19(27)12-16-21/h4-5,7-17,28H,2-3,6H2,1H3/b29-24-. The van der Waals surface area contributed by atoms with E-state index in [1.54, 1.807) is 24.3 Å². The lowest BCUT2D eigenvalue weighted by Crippen LogP contribution is -2.22. The summed E-state index contributed by atoms with van der Waals surface area (Å²) in [5.41, 5.74) is 3.07. The molecule has 0 aromatic heterocycles. The highest BCUT2D eigenvalue weighted by atomic mass is 32.2. The molecule has 1 aliphatic rings. The fraction of sp³-hybridized carbons (Fsp3) is 0.154. The fourth-order valence-corrected chi connectivity index (χ4v) is 4.57. The largest absolute Gasteiger partial charge is 0.352 e. The van der Waals surface area contributed by atoms with Gasteiger partial charge in [0.25, 0.3) is 10.0 Å². The van der Waals surface area contributed by atoms with Crippen molar-refractivity contribution in [3.8, 4) is 0 Å². The number of hydrogen-bond acceptors (Lipinski definition) is 4. The number of allylic oxidation sites excluding steroid dienone is 2. The van der Waals surface area contributed by atoms with Crippen molar-refractivity contribution < 1.29 is 17.6 Å². The number of ketones is 1. The Kier molecular flexibility index (Phi) is 6.51. The molecule has 1 aliphatic carbocycles. The van der Waals surface area contributed by atoms with Gasteiger partial charge in [-0.1, -0.05) is 49.7 Å². The van der Waals surface area contributed by atoms with Gasteiger partial charge in [0.2, 0.25) is 5.78 Å². The van der Waals surface area contributed by atoms with E-state index in [0.717, 1.165) is 49.2 Å². The quantitative estimate of drug-likeness (QED) is 0.500. The zero-order valence-electron chi connectivity index (χ0n) is 18.1. The highest BCUT2D eigenvalue weighted by molar-refractivity contribution is 7.90. The number of anilines is 1. The highest BCUT2D eigenvalue weighted by Gasteiger charge is 2.26. The molecule has 0 saturated carbocycles. The maximum atomic E-state index is 13.2. The van der Waals surface area contributed by atoms with Gasteiger partial charge in [-0.15, -0.1) is 0 Å². The van der Waals surface area contributed by atoms with Crippen molar-refractivity contribution in [1.29, 1.82) is 0 Å². The normalized spacial score (nSPS) is 14.7.